The summed E-state index contributed by atoms with van der Waals surface area (Å²) in [7, 11) is 0. The molecule has 0 aliphatic carbocycles. The van der Waals surface area contributed by atoms with Crippen LogP contribution >= 0.6 is 11.3 Å². The molecule has 0 atom stereocenters. The Balaban J connectivity index is 2.00. The second kappa shape index (κ2) is 3.93. The molecule has 4 nitrogen and oxygen atoms in total. The lowest BCUT2D eigenvalue weighted by atomic mass is 10.2. The number of hydrogen-bond donors (Lipinski definition) is 1. The molecule has 5 heteroatoms. The van der Waals surface area contributed by atoms with Crippen molar-refractivity contribution in [1.29, 1.82) is 0 Å². The van der Waals surface area contributed by atoms with E-state index >= 15 is 0 Å². The molecule has 0 saturated carbocycles. The summed E-state index contributed by atoms with van der Waals surface area (Å²) in [5, 5.41) is 1.14. The fourth-order valence-electron chi connectivity index (χ4n) is 2.42. The van der Waals surface area contributed by atoms with Crippen LogP contribution in [0.3, 0.4) is 0 Å². The number of para-hydroxylation sites is 1. The summed E-state index contributed by atoms with van der Waals surface area (Å²) >= 11 is 1.47. The van der Waals surface area contributed by atoms with Crippen LogP contribution in [0.25, 0.3) is 17.0 Å². The number of H-pyrrole nitrogens is 1. The van der Waals surface area contributed by atoms with Gasteiger partial charge in [0.2, 0.25) is 0 Å². The fourth-order valence-corrected chi connectivity index (χ4v) is 3.44. The standard InChI is InChI=1S/C14H11N3OS/c18-13-12(19-14-15-5-6-17(13)14)7-9-8-16-11-4-2-1-3-10(9)11/h1-4,7-8,16H,5-6H2/b12-7-. The molecule has 4 rings (SSSR count). The van der Waals surface area contributed by atoms with Gasteiger partial charge in [0.1, 0.15) is 0 Å². The lowest BCUT2D eigenvalue weighted by molar-refractivity contribution is 0.740. The van der Waals surface area contributed by atoms with Gasteiger partial charge in [0.25, 0.3) is 5.56 Å². The van der Waals surface area contributed by atoms with Gasteiger partial charge in [0, 0.05) is 29.2 Å². The van der Waals surface area contributed by atoms with Crippen molar-refractivity contribution in [2.75, 3.05) is 6.54 Å². The van der Waals surface area contributed by atoms with Crippen LogP contribution in [0.1, 0.15) is 5.56 Å². The number of nitrogens with one attached hydrogen (secondary N) is 1. The van der Waals surface area contributed by atoms with Crippen molar-refractivity contribution in [3.05, 3.63) is 55.7 Å². The van der Waals surface area contributed by atoms with Crippen molar-refractivity contribution in [3.63, 3.8) is 0 Å². The normalized spacial score (nSPS) is 14.8. The predicted octanol–water partition coefficient (Wildman–Crippen LogP) is 0.853. The first-order valence-corrected chi connectivity index (χ1v) is 6.96. The second-order valence-electron chi connectivity index (χ2n) is 4.52. The highest BCUT2D eigenvalue weighted by atomic mass is 32.1. The van der Waals surface area contributed by atoms with Gasteiger partial charge in [-0.3, -0.25) is 14.4 Å². The van der Waals surface area contributed by atoms with E-state index in [1.165, 1.54) is 11.3 Å². The number of fused-ring (bicyclic) bond motifs is 2. The number of rotatable bonds is 1. The second-order valence-corrected chi connectivity index (χ2v) is 5.53. The van der Waals surface area contributed by atoms with Crippen molar-refractivity contribution >= 4 is 28.3 Å². The molecule has 0 unspecified atom stereocenters. The topological polar surface area (TPSA) is 50.1 Å². The molecule has 2 aromatic heterocycles. The van der Waals surface area contributed by atoms with Crippen LogP contribution in [-0.2, 0) is 6.54 Å². The zero-order valence-corrected chi connectivity index (χ0v) is 10.9. The van der Waals surface area contributed by atoms with E-state index in [1.54, 1.807) is 4.57 Å². The third kappa shape index (κ3) is 1.58. The molecule has 1 aromatic carbocycles. The minimum absolute atomic E-state index is 0.0755. The van der Waals surface area contributed by atoms with Gasteiger partial charge in [-0.05, 0) is 12.1 Å². The molecule has 0 spiro atoms. The molecule has 1 N–H and O–H groups in total. The van der Waals surface area contributed by atoms with Crippen molar-refractivity contribution in [2.45, 2.75) is 6.54 Å². The molecule has 0 fully saturated rings. The Morgan fingerprint density at radius 3 is 3.16 bits per heavy atom. The van der Waals surface area contributed by atoms with Gasteiger partial charge >= 0.3 is 0 Å². The van der Waals surface area contributed by atoms with E-state index in [0.717, 1.165) is 32.3 Å². The molecule has 0 bridgehead atoms. The van der Waals surface area contributed by atoms with Crippen LogP contribution < -0.4 is 14.9 Å². The van der Waals surface area contributed by atoms with Gasteiger partial charge in [-0.15, -0.1) is 0 Å². The Hall–Kier alpha value is -2.14. The summed E-state index contributed by atoms with van der Waals surface area (Å²) < 4.78 is 2.51. The maximum atomic E-state index is 12.2. The van der Waals surface area contributed by atoms with Crippen molar-refractivity contribution < 1.29 is 0 Å². The summed E-state index contributed by atoms with van der Waals surface area (Å²) in [6, 6.07) is 8.09. The third-order valence-electron chi connectivity index (χ3n) is 3.37. The average molecular weight is 269 g/mol. The average Bonchev–Trinajstić information content (AvgIpc) is 3.10. The Morgan fingerprint density at radius 1 is 1.37 bits per heavy atom. The highest BCUT2D eigenvalue weighted by Crippen LogP contribution is 2.17. The maximum Gasteiger partial charge on any atom is 0.270 e. The van der Waals surface area contributed by atoms with Gasteiger partial charge < -0.3 is 4.98 Å². The smallest absolute Gasteiger partial charge is 0.270 e. The molecule has 1 aliphatic heterocycles. The number of thiazole rings is 1. The van der Waals surface area contributed by atoms with Crippen molar-refractivity contribution in [3.8, 4) is 0 Å². The van der Waals surface area contributed by atoms with Gasteiger partial charge in [-0.2, -0.15) is 0 Å². The minimum atomic E-state index is 0.0755. The summed E-state index contributed by atoms with van der Waals surface area (Å²) in [6.07, 6.45) is 3.89. The molecule has 0 amide bonds. The molecular weight excluding hydrogens is 258 g/mol. The summed E-state index contributed by atoms with van der Waals surface area (Å²) in [5.74, 6) is 0. The fraction of sp³-hybridized carbons (Fsp3) is 0.143. The zero-order chi connectivity index (χ0) is 12.8. The van der Waals surface area contributed by atoms with E-state index in [0.29, 0.717) is 6.54 Å². The first-order valence-electron chi connectivity index (χ1n) is 6.15. The Morgan fingerprint density at radius 2 is 2.26 bits per heavy atom. The van der Waals surface area contributed by atoms with Gasteiger partial charge in [-0.1, -0.05) is 29.5 Å². The van der Waals surface area contributed by atoms with E-state index in [1.807, 2.05) is 30.5 Å². The van der Waals surface area contributed by atoms with Crippen molar-refractivity contribution in [2.24, 2.45) is 4.99 Å². The first-order chi connectivity index (χ1) is 9.33. The van der Waals surface area contributed by atoms with Crippen LogP contribution in [0, 0.1) is 0 Å². The van der Waals surface area contributed by atoms with Crippen LogP contribution in [-0.4, -0.2) is 16.1 Å². The molecule has 0 radical (unpaired) electrons. The monoisotopic (exact) mass is 269 g/mol. The van der Waals surface area contributed by atoms with E-state index in [-0.39, 0.29) is 5.56 Å². The number of hydrogen-bond acceptors (Lipinski definition) is 3. The molecule has 94 valence electrons. The number of aromatic amines is 1. The third-order valence-corrected chi connectivity index (χ3v) is 4.41. The highest BCUT2D eigenvalue weighted by molar-refractivity contribution is 7.07. The van der Waals surface area contributed by atoms with E-state index in [9.17, 15) is 4.79 Å². The molecule has 3 aromatic rings. The lowest BCUT2D eigenvalue weighted by Gasteiger charge is -1.89. The van der Waals surface area contributed by atoms with Crippen LogP contribution in [0.15, 0.2) is 40.2 Å². The summed E-state index contributed by atoms with van der Waals surface area (Å²) in [5.41, 5.74) is 2.21. The van der Waals surface area contributed by atoms with E-state index in [2.05, 4.69) is 16.0 Å². The quantitative estimate of drug-likeness (QED) is 0.699. The molecule has 1 aliphatic rings. The maximum absolute atomic E-state index is 12.2. The zero-order valence-electron chi connectivity index (χ0n) is 10.1. The summed E-state index contributed by atoms with van der Waals surface area (Å²) in [4.78, 5) is 20.6. The van der Waals surface area contributed by atoms with Gasteiger partial charge in [0.05, 0.1) is 11.1 Å². The van der Waals surface area contributed by atoms with Crippen molar-refractivity contribution in [1.82, 2.24) is 9.55 Å². The lowest BCUT2D eigenvalue weighted by Crippen LogP contribution is -2.29. The number of nitrogens with zero attached hydrogens (tertiary/aromatic N) is 2. The number of benzene rings is 1. The van der Waals surface area contributed by atoms with E-state index in [4.69, 9.17) is 0 Å². The predicted molar refractivity (Wildman–Crippen MR) is 76.1 cm³/mol. The molecule has 19 heavy (non-hydrogen) atoms. The SMILES string of the molecule is O=c1/c(=C/c2c[nH]c3ccccc23)sc2n1CCN=2. The highest BCUT2D eigenvalue weighted by Gasteiger charge is 2.10. The van der Waals surface area contributed by atoms with Crippen LogP contribution in [0.2, 0.25) is 0 Å². The first kappa shape index (κ1) is 10.8. The largest absolute Gasteiger partial charge is 0.361 e. The Bertz CT molecular complexity index is 945. The summed E-state index contributed by atoms with van der Waals surface area (Å²) in [6.45, 7) is 1.45. The van der Waals surface area contributed by atoms with Gasteiger partial charge in [0.15, 0.2) is 4.80 Å². The van der Waals surface area contributed by atoms with Gasteiger partial charge in [-0.25, -0.2) is 0 Å². The Labute approximate surface area is 112 Å². The van der Waals surface area contributed by atoms with E-state index < -0.39 is 0 Å². The van der Waals surface area contributed by atoms with Crippen LogP contribution in [0.5, 0.6) is 0 Å². The van der Waals surface area contributed by atoms with Crippen LogP contribution in [0.4, 0.5) is 0 Å². The minimum Gasteiger partial charge on any atom is -0.361 e. The molecule has 3 heterocycles. The Kier molecular flexibility index (Phi) is 2.22. The number of aromatic nitrogens is 2. The molecular formula is C14H11N3OS. The molecule has 0 saturated heterocycles.